The van der Waals surface area contributed by atoms with Crippen LogP contribution in [0, 0.1) is 17.8 Å². The van der Waals surface area contributed by atoms with Gasteiger partial charge in [0.25, 0.3) is 0 Å². The minimum atomic E-state index is -0.0241. The summed E-state index contributed by atoms with van der Waals surface area (Å²) >= 11 is 0. The van der Waals surface area contributed by atoms with Gasteiger partial charge in [0.15, 0.2) is 0 Å². The lowest BCUT2D eigenvalue weighted by Crippen LogP contribution is -2.39. The molecule has 26 heavy (non-hydrogen) atoms. The van der Waals surface area contributed by atoms with E-state index in [2.05, 4.69) is 48.5 Å². The first kappa shape index (κ1) is 15.0. The Morgan fingerprint density at radius 2 is 1.46 bits per heavy atom. The van der Waals surface area contributed by atoms with Crippen molar-refractivity contribution in [1.82, 2.24) is 0 Å². The van der Waals surface area contributed by atoms with Crippen LogP contribution in [0.1, 0.15) is 66.2 Å². The third kappa shape index (κ3) is 2.02. The molecule has 2 heteroatoms. The Hall–Kier alpha value is -2.09. The molecule has 5 aliphatic carbocycles. The van der Waals surface area contributed by atoms with Crippen LogP contribution in [0.5, 0.6) is 0 Å². The number of fused-ring (bicyclic) bond motifs is 3. The van der Waals surface area contributed by atoms with E-state index in [1.165, 1.54) is 41.5 Å². The van der Waals surface area contributed by atoms with Gasteiger partial charge in [-0.15, -0.1) is 0 Å². The topological polar surface area (TPSA) is 26.3 Å². The van der Waals surface area contributed by atoms with Gasteiger partial charge in [0.2, 0.25) is 0 Å². The summed E-state index contributed by atoms with van der Waals surface area (Å²) in [6, 6.07) is 17.4. The molecule has 4 unspecified atom stereocenters. The van der Waals surface area contributed by atoms with Gasteiger partial charge in [0.05, 0.1) is 5.92 Å². The molecule has 7 rings (SSSR count). The van der Waals surface area contributed by atoms with Crippen LogP contribution in [0.4, 0.5) is 0 Å². The molecule has 0 spiro atoms. The molecular weight excluding hydrogens is 320 g/mol. The van der Waals surface area contributed by atoms with E-state index in [9.17, 15) is 4.79 Å². The number of benzene rings is 2. The Kier molecular flexibility index (Phi) is 3.15. The Morgan fingerprint density at radius 1 is 0.808 bits per heavy atom. The minimum Gasteiger partial charge on any atom is -0.462 e. The van der Waals surface area contributed by atoms with Crippen LogP contribution >= 0.6 is 0 Å². The monoisotopic (exact) mass is 344 g/mol. The van der Waals surface area contributed by atoms with Crippen LogP contribution in [0.25, 0.3) is 0 Å². The zero-order valence-corrected chi connectivity index (χ0v) is 14.9. The normalized spacial score (nSPS) is 35.8. The first-order valence-electron chi connectivity index (χ1n) is 10.2. The Labute approximate surface area is 154 Å². The van der Waals surface area contributed by atoms with Gasteiger partial charge in [0.1, 0.15) is 6.10 Å². The maximum Gasteiger partial charge on any atom is 0.310 e. The molecule has 0 aromatic heterocycles. The van der Waals surface area contributed by atoms with Crippen molar-refractivity contribution in [3.8, 4) is 0 Å². The van der Waals surface area contributed by atoms with Crippen molar-refractivity contribution < 1.29 is 9.53 Å². The SMILES string of the molecule is O=C(OC1CC2CCC1C2)C1CC2c3ccccc3C1c1ccccc12. The summed E-state index contributed by atoms with van der Waals surface area (Å²) in [6.07, 6.45) is 6.06. The zero-order valence-electron chi connectivity index (χ0n) is 14.9. The van der Waals surface area contributed by atoms with Crippen LogP contribution in [0.3, 0.4) is 0 Å². The predicted molar refractivity (Wildman–Crippen MR) is 100 cm³/mol. The summed E-state index contributed by atoms with van der Waals surface area (Å²) in [4.78, 5) is 13.2. The third-order valence-electron chi connectivity index (χ3n) is 7.55. The summed E-state index contributed by atoms with van der Waals surface area (Å²) < 4.78 is 6.13. The van der Waals surface area contributed by atoms with E-state index in [1.54, 1.807) is 0 Å². The van der Waals surface area contributed by atoms with E-state index < -0.39 is 0 Å². The largest absolute Gasteiger partial charge is 0.462 e. The van der Waals surface area contributed by atoms with Gasteiger partial charge in [-0.25, -0.2) is 0 Å². The third-order valence-corrected chi connectivity index (χ3v) is 7.55. The second-order valence-electron chi connectivity index (χ2n) is 8.78. The van der Waals surface area contributed by atoms with Crippen LogP contribution in [0.15, 0.2) is 48.5 Å². The summed E-state index contributed by atoms with van der Waals surface area (Å²) in [7, 11) is 0. The second kappa shape index (κ2) is 5.45. The number of rotatable bonds is 2. The number of carbonyl (C=O) groups excluding carboxylic acids is 1. The van der Waals surface area contributed by atoms with Crippen LogP contribution in [0.2, 0.25) is 0 Å². The van der Waals surface area contributed by atoms with Gasteiger partial charge in [-0.1, -0.05) is 48.5 Å². The number of carbonyl (C=O) groups is 1. The van der Waals surface area contributed by atoms with E-state index in [4.69, 9.17) is 4.74 Å². The summed E-state index contributed by atoms with van der Waals surface area (Å²) in [6.45, 7) is 0. The van der Waals surface area contributed by atoms with Crippen LogP contribution in [-0.2, 0) is 9.53 Å². The van der Waals surface area contributed by atoms with E-state index in [0.717, 1.165) is 18.8 Å². The number of esters is 1. The summed E-state index contributed by atoms with van der Waals surface area (Å²) in [5.41, 5.74) is 5.52. The molecule has 4 bridgehead atoms. The number of hydrogen-bond donors (Lipinski definition) is 0. The molecule has 2 nitrogen and oxygen atoms in total. The molecule has 2 aromatic rings. The van der Waals surface area contributed by atoms with Gasteiger partial charge in [0, 0.05) is 11.8 Å². The lowest BCUT2D eigenvalue weighted by Gasteiger charge is -2.44. The van der Waals surface area contributed by atoms with Crippen molar-refractivity contribution in [2.45, 2.75) is 50.0 Å². The van der Waals surface area contributed by atoms with Gasteiger partial charge in [-0.05, 0) is 66.2 Å². The molecule has 0 saturated heterocycles. The summed E-state index contributed by atoms with van der Waals surface area (Å²) in [5.74, 6) is 1.97. The fourth-order valence-corrected chi connectivity index (χ4v) is 6.44. The molecule has 4 atom stereocenters. The van der Waals surface area contributed by atoms with Gasteiger partial charge in [-0.3, -0.25) is 4.79 Å². The maximum atomic E-state index is 13.2. The highest BCUT2D eigenvalue weighted by molar-refractivity contribution is 5.78. The lowest BCUT2D eigenvalue weighted by molar-refractivity contribution is -0.158. The van der Waals surface area contributed by atoms with Gasteiger partial charge < -0.3 is 4.74 Å². The highest BCUT2D eigenvalue weighted by atomic mass is 16.5. The highest BCUT2D eigenvalue weighted by Gasteiger charge is 2.48. The average molecular weight is 344 g/mol. The minimum absolute atomic E-state index is 0.0241. The van der Waals surface area contributed by atoms with E-state index in [0.29, 0.717) is 11.8 Å². The standard InChI is InChI=1S/C24H24O2/c25-24(26-22-12-14-9-10-15(22)11-14)21-13-20-16-5-1-3-7-18(16)23(21)19-8-4-2-6-17(19)20/h1-8,14-15,20-23H,9-13H2. The van der Waals surface area contributed by atoms with Crippen molar-refractivity contribution in [3.05, 3.63) is 70.8 Å². The first-order chi connectivity index (χ1) is 12.8. The molecule has 0 heterocycles. The van der Waals surface area contributed by atoms with E-state index in [-0.39, 0.29) is 23.9 Å². The van der Waals surface area contributed by atoms with Crippen molar-refractivity contribution in [3.63, 3.8) is 0 Å². The van der Waals surface area contributed by atoms with Crippen molar-refractivity contribution in [2.75, 3.05) is 0 Å². The van der Waals surface area contributed by atoms with Gasteiger partial charge >= 0.3 is 5.97 Å². The van der Waals surface area contributed by atoms with E-state index in [1.807, 2.05) is 0 Å². The fraction of sp³-hybridized carbons (Fsp3) is 0.458. The lowest BCUT2D eigenvalue weighted by atomic mass is 9.59. The molecular formula is C24H24O2. The highest BCUT2D eigenvalue weighted by Crippen LogP contribution is 2.56. The first-order valence-corrected chi connectivity index (χ1v) is 10.2. The number of hydrogen-bond acceptors (Lipinski definition) is 2. The second-order valence-corrected chi connectivity index (χ2v) is 8.78. The Morgan fingerprint density at radius 3 is 2.04 bits per heavy atom. The Bertz CT molecular complexity index is 838. The van der Waals surface area contributed by atoms with Crippen LogP contribution < -0.4 is 0 Å². The fourth-order valence-electron chi connectivity index (χ4n) is 6.44. The molecule has 0 amide bonds. The van der Waals surface area contributed by atoms with Crippen LogP contribution in [-0.4, -0.2) is 12.1 Å². The number of ether oxygens (including phenoxy) is 1. The smallest absolute Gasteiger partial charge is 0.310 e. The molecule has 0 aliphatic heterocycles. The molecule has 0 radical (unpaired) electrons. The maximum absolute atomic E-state index is 13.2. The molecule has 2 fully saturated rings. The Balaban J connectivity index is 1.36. The zero-order chi connectivity index (χ0) is 17.3. The van der Waals surface area contributed by atoms with Crippen molar-refractivity contribution in [2.24, 2.45) is 17.8 Å². The predicted octanol–water partition coefficient (Wildman–Crippen LogP) is 5.02. The molecule has 2 saturated carbocycles. The van der Waals surface area contributed by atoms with E-state index >= 15 is 0 Å². The molecule has 132 valence electrons. The van der Waals surface area contributed by atoms with Crippen molar-refractivity contribution >= 4 is 5.97 Å². The summed E-state index contributed by atoms with van der Waals surface area (Å²) in [5, 5.41) is 0. The molecule has 2 aromatic carbocycles. The molecule has 0 N–H and O–H groups in total. The average Bonchev–Trinajstić information content (AvgIpc) is 3.31. The van der Waals surface area contributed by atoms with Gasteiger partial charge in [-0.2, -0.15) is 0 Å². The van der Waals surface area contributed by atoms with Crippen molar-refractivity contribution in [1.29, 1.82) is 0 Å². The quantitative estimate of drug-likeness (QED) is 0.715. The molecule has 5 aliphatic rings.